The zero-order valence-corrected chi connectivity index (χ0v) is 11.0. The Morgan fingerprint density at radius 1 is 1.56 bits per heavy atom. The fourth-order valence-electron chi connectivity index (χ4n) is 1.42. The molecular formula is C13H21NOS. The van der Waals surface area contributed by atoms with Crippen LogP contribution in [0.1, 0.15) is 28.7 Å². The van der Waals surface area contributed by atoms with E-state index in [0.29, 0.717) is 0 Å². The third-order valence-electron chi connectivity index (χ3n) is 2.34. The van der Waals surface area contributed by atoms with Crippen LogP contribution in [-0.4, -0.2) is 13.2 Å². The summed E-state index contributed by atoms with van der Waals surface area (Å²) < 4.78 is 5.57. The Labute approximate surface area is 102 Å². The van der Waals surface area contributed by atoms with Gasteiger partial charge in [0.2, 0.25) is 0 Å². The van der Waals surface area contributed by atoms with Crippen molar-refractivity contribution in [2.24, 2.45) is 0 Å². The highest BCUT2D eigenvalue weighted by molar-refractivity contribution is 7.12. The summed E-state index contributed by atoms with van der Waals surface area (Å²) in [5.41, 5.74) is 1.32. The number of hydrogen-bond acceptors (Lipinski definition) is 3. The third-order valence-corrected chi connectivity index (χ3v) is 3.44. The molecule has 0 amide bonds. The van der Waals surface area contributed by atoms with Crippen LogP contribution in [0.25, 0.3) is 0 Å². The lowest BCUT2D eigenvalue weighted by Crippen LogP contribution is -2.10. The fourth-order valence-corrected chi connectivity index (χ4v) is 2.43. The molecule has 3 heteroatoms. The predicted molar refractivity (Wildman–Crippen MR) is 70.9 cm³/mol. The molecule has 0 radical (unpaired) electrons. The van der Waals surface area contributed by atoms with Gasteiger partial charge >= 0.3 is 0 Å². The van der Waals surface area contributed by atoms with Gasteiger partial charge in [-0.3, -0.25) is 0 Å². The summed E-state index contributed by atoms with van der Waals surface area (Å²) in [6.07, 6.45) is 2.81. The molecule has 0 bridgehead atoms. The van der Waals surface area contributed by atoms with Gasteiger partial charge < -0.3 is 10.1 Å². The van der Waals surface area contributed by atoms with Crippen LogP contribution in [0.2, 0.25) is 0 Å². The SMILES string of the molecule is C=CCCOCc1cc(CNCC)sc1C. The van der Waals surface area contributed by atoms with Crippen molar-refractivity contribution in [2.75, 3.05) is 13.2 Å². The number of nitrogens with one attached hydrogen (secondary N) is 1. The molecule has 0 aromatic carbocycles. The molecular weight excluding hydrogens is 218 g/mol. The first-order valence-electron chi connectivity index (χ1n) is 5.75. The third kappa shape index (κ3) is 4.47. The van der Waals surface area contributed by atoms with Crippen LogP contribution in [0.5, 0.6) is 0 Å². The van der Waals surface area contributed by atoms with Gasteiger partial charge in [0.1, 0.15) is 0 Å². The summed E-state index contributed by atoms with van der Waals surface area (Å²) in [5, 5.41) is 3.34. The Hall–Kier alpha value is -0.640. The van der Waals surface area contributed by atoms with Crippen LogP contribution in [0.15, 0.2) is 18.7 Å². The van der Waals surface area contributed by atoms with Gasteiger partial charge in [-0.25, -0.2) is 0 Å². The van der Waals surface area contributed by atoms with E-state index in [1.807, 2.05) is 17.4 Å². The zero-order chi connectivity index (χ0) is 11.8. The summed E-state index contributed by atoms with van der Waals surface area (Å²) in [5.74, 6) is 0. The molecule has 0 unspecified atom stereocenters. The molecule has 1 aromatic rings. The topological polar surface area (TPSA) is 21.3 Å². The summed E-state index contributed by atoms with van der Waals surface area (Å²) in [6.45, 7) is 11.4. The highest BCUT2D eigenvalue weighted by Gasteiger charge is 2.04. The number of ether oxygens (including phenoxy) is 1. The van der Waals surface area contributed by atoms with Crippen molar-refractivity contribution in [1.82, 2.24) is 5.32 Å². The second kappa shape index (κ2) is 7.60. The standard InChI is InChI=1S/C13H21NOS/c1-4-6-7-15-10-12-8-13(9-14-5-2)16-11(12)3/h4,8,14H,1,5-7,9-10H2,2-3H3. The monoisotopic (exact) mass is 239 g/mol. The van der Waals surface area contributed by atoms with E-state index in [2.05, 4.69) is 31.8 Å². The van der Waals surface area contributed by atoms with E-state index in [4.69, 9.17) is 4.74 Å². The highest BCUT2D eigenvalue weighted by Crippen LogP contribution is 2.22. The fraction of sp³-hybridized carbons (Fsp3) is 0.538. The predicted octanol–water partition coefficient (Wildman–Crippen LogP) is 3.26. The Morgan fingerprint density at radius 3 is 3.06 bits per heavy atom. The summed E-state index contributed by atoms with van der Waals surface area (Å²) in [7, 11) is 0. The highest BCUT2D eigenvalue weighted by atomic mass is 32.1. The van der Waals surface area contributed by atoms with Crippen LogP contribution in [0.3, 0.4) is 0 Å². The molecule has 16 heavy (non-hydrogen) atoms. The first-order chi connectivity index (χ1) is 7.77. The van der Waals surface area contributed by atoms with E-state index in [1.54, 1.807) is 0 Å². The Kier molecular flexibility index (Phi) is 6.38. The lowest BCUT2D eigenvalue weighted by Gasteiger charge is -2.01. The minimum absolute atomic E-state index is 0.725. The van der Waals surface area contributed by atoms with E-state index in [9.17, 15) is 0 Å². The molecule has 90 valence electrons. The normalized spacial score (nSPS) is 10.6. The lowest BCUT2D eigenvalue weighted by atomic mass is 10.2. The Morgan fingerprint density at radius 2 is 2.38 bits per heavy atom. The zero-order valence-electron chi connectivity index (χ0n) is 10.2. The Balaban J connectivity index is 2.40. The van der Waals surface area contributed by atoms with Crippen LogP contribution in [0, 0.1) is 6.92 Å². The second-order valence-electron chi connectivity index (χ2n) is 3.70. The molecule has 1 heterocycles. The second-order valence-corrected chi connectivity index (χ2v) is 5.05. The maximum absolute atomic E-state index is 5.57. The van der Waals surface area contributed by atoms with Crippen molar-refractivity contribution in [3.8, 4) is 0 Å². The summed E-state index contributed by atoms with van der Waals surface area (Å²) >= 11 is 1.86. The van der Waals surface area contributed by atoms with Gasteiger partial charge in [0.25, 0.3) is 0 Å². The number of rotatable bonds is 8. The van der Waals surface area contributed by atoms with Gasteiger partial charge in [-0.1, -0.05) is 13.0 Å². The molecule has 0 saturated heterocycles. The Bertz CT molecular complexity index is 320. The van der Waals surface area contributed by atoms with Crippen LogP contribution in [0.4, 0.5) is 0 Å². The van der Waals surface area contributed by atoms with E-state index < -0.39 is 0 Å². The molecule has 1 aromatic heterocycles. The van der Waals surface area contributed by atoms with Crippen LogP contribution >= 0.6 is 11.3 Å². The van der Waals surface area contributed by atoms with Crippen LogP contribution in [-0.2, 0) is 17.9 Å². The van der Waals surface area contributed by atoms with E-state index >= 15 is 0 Å². The van der Waals surface area contributed by atoms with Gasteiger partial charge in [0.05, 0.1) is 13.2 Å². The molecule has 1 N–H and O–H groups in total. The minimum Gasteiger partial charge on any atom is -0.376 e. The molecule has 0 fully saturated rings. The molecule has 0 saturated carbocycles. The number of hydrogen-bond donors (Lipinski definition) is 1. The molecule has 0 aliphatic rings. The number of thiophene rings is 1. The summed E-state index contributed by atoms with van der Waals surface area (Å²) in [4.78, 5) is 2.76. The molecule has 0 aliphatic carbocycles. The maximum Gasteiger partial charge on any atom is 0.0727 e. The van der Waals surface area contributed by atoms with Crippen molar-refractivity contribution in [2.45, 2.75) is 33.4 Å². The minimum atomic E-state index is 0.725. The van der Waals surface area contributed by atoms with Gasteiger partial charge in [0, 0.05) is 16.3 Å². The van der Waals surface area contributed by atoms with Crippen molar-refractivity contribution >= 4 is 11.3 Å². The van der Waals surface area contributed by atoms with Gasteiger partial charge in [-0.2, -0.15) is 0 Å². The molecule has 0 spiro atoms. The average molecular weight is 239 g/mol. The van der Waals surface area contributed by atoms with E-state index in [0.717, 1.165) is 32.7 Å². The molecule has 1 rings (SSSR count). The van der Waals surface area contributed by atoms with Crippen LogP contribution < -0.4 is 5.32 Å². The van der Waals surface area contributed by atoms with Gasteiger partial charge in [-0.15, -0.1) is 17.9 Å². The maximum atomic E-state index is 5.57. The van der Waals surface area contributed by atoms with Crippen molar-refractivity contribution in [3.05, 3.63) is 34.0 Å². The first kappa shape index (κ1) is 13.4. The smallest absolute Gasteiger partial charge is 0.0727 e. The lowest BCUT2D eigenvalue weighted by molar-refractivity contribution is 0.125. The largest absolute Gasteiger partial charge is 0.376 e. The van der Waals surface area contributed by atoms with E-state index in [-0.39, 0.29) is 0 Å². The summed E-state index contributed by atoms with van der Waals surface area (Å²) in [6, 6.07) is 2.25. The molecule has 0 aliphatic heterocycles. The first-order valence-corrected chi connectivity index (χ1v) is 6.57. The van der Waals surface area contributed by atoms with Gasteiger partial charge in [0.15, 0.2) is 0 Å². The molecule has 0 atom stereocenters. The average Bonchev–Trinajstić information content (AvgIpc) is 2.63. The van der Waals surface area contributed by atoms with Crippen molar-refractivity contribution in [1.29, 1.82) is 0 Å². The van der Waals surface area contributed by atoms with Crippen molar-refractivity contribution < 1.29 is 4.74 Å². The van der Waals surface area contributed by atoms with Gasteiger partial charge in [-0.05, 0) is 31.5 Å². The molecule has 2 nitrogen and oxygen atoms in total. The quantitative estimate of drug-likeness (QED) is 0.555. The van der Waals surface area contributed by atoms with E-state index in [1.165, 1.54) is 15.3 Å². The number of aryl methyl sites for hydroxylation is 1. The van der Waals surface area contributed by atoms with Crippen molar-refractivity contribution in [3.63, 3.8) is 0 Å².